The fourth-order valence-corrected chi connectivity index (χ4v) is 2.04. The number of rotatable bonds is 3. The molecule has 0 bridgehead atoms. The second kappa shape index (κ2) is 5.53. The van der Waals surface area contributed by atoms with Crippen LogP contribution < -0.4 is 0 Å². The summed E-state index contributed by atoms with van der Waals surface area (Å²) in [6.45, 7) is 1.92. The van der Waals surface area contributed by atoms with Crippen molar-refractivity contribution in [3.05, 3.63) is 52.9 Å². The monoisotopic (exact) mass is 315 g/mol. The van der Waals surface area contributed by atoms with Crippen LogP contribution in [0.15, 0.2) is 36.5 Å². The van der Waals surface area contributed by atoms with E-state index in [4.69, 9.17) is 16.7 Å². The van der Waals surface area contributed by atoms with Gasteiger partial charge >= 0.3 is 5.97 Å². The van der Waals surface area contributed by atoms with Crippen LogP contribution in [0, 0.1) is 6.92 Å². The Kier molecular flexibility index (Phi) is 3.56. The molecule has 0 unspecified atom stereocenters. The molecular weight excluding hydrogens is 306 g/mol. The number of nitrogens with zero attached hydrogens (tertiary/aromatic N) is 5. The first-order chi connectivity index (χ1) is 10.5. The van der Waals surface area contributed by atoms with E-state index in [1.165, 1.54) is 10.7 Å². The van der Waals surface area contributed by atoms with E-state index in [1.807, 2.05) is 19.1 Å². The molecule has 0 aliphatic carbocycles. The summed E-state index contributed by atoms with van der Waals surface area (Å²) >= 11 is 5.72. The summed E-state index contributed by atoms with van der Waals surface area (Å²) in [7, 11) is 0. The molecule has 3 aromatic heterocycles. The van der Waals surface area contributed by atoms with Crippen molar-refractivity contribution in [1.82, 2.24) is 25.0 Å². The van der Waals surface area contributed by atoms with E-state index < -0.39 is 5.97 Å². The maximum Gasteiger partial charge on any atom is 0.356 e. The normalized spacial score (nSPS) is 10.6. The maximum absolute atomic E-state index is 11.2. The van der Waals surface area contributed by atoms with Crippen LogP contribution in [0.4, 0.5) is 0 Å². The van der Waals surface area contributed by atoms with Crippen LogP contribution in [-0.2, 0) is 0 Å². The number of halogens is 1. The Labute approximate surface area is 130 Å². The van der Waals surface area contributed by atoms with Gasteiger partial charge in [0.15, 0.2) is 16.7 Å². The molecule has 0 aliphatic rings. The van der Waals surface area contributed by atoms with Crippen LogP contribution in [0.2, 0.25) is 5.15 Å². The van der Waals surface area contributed by atoms with Crippen molar-refractivity contribution in [2.45, 2.75) is 6.92 Å². The van der Waals surface area contributed by atoms with E-state index in [2.05, 4.69) is 20.3 Å². The number of aromatic nitrogens is 5. The van der Waals surface area contributed by atoms with Crippen molar-refractivity contribution >= 4 is 17.6 Å². The Morgan fingerprint density at radius 3 is 2.68 bits per heavy atom. The second-order valence-corrected chi connectivity index (χ2v) is 4.95. The minimum absolute atomic E-state index is 0.102. The number of carboxylic acid groups (broad SMARTS) is 1. The number of carboxylic acids is 1. The molecule has 0 aliphatic heterocycles. The third-order valence-corrected chi connectivity index (χ3v) is 3.14. The molecule has 0 aromatic carbocycles. The van der Waals surface area contributed by atoms with Gasteiger partial charge in [0.2, 0.25) is 0 Å². The predicted octanol–water partition coefficient (Wildman–Crippen LogP) is 2.38. The smallest absolute Gasteiger partial charge is 0.356 e. The molecule has 0 radical (unpaired) electrons. The first kappa shape index (κ1) is 14.2. The Hall–Kier alpha value is -2.80. The largest absolute Gasteiger partial charge is 0.476 e. The lowest BCUT2D eigenvalue weighted by Gasteiger charge is -2.05. The van der Waals surface area contributed by atoms with Crippen molar-refractivity contribution in [3.8, 4) is 17.2 Å². The number of hydrogen-bond acceptors (Lipinski definition) is 5. The van der Waals surface area contributed by atoms with Crippen molar-refractivity contribution in [1.29, 1.82) is 0 Å². The van der Waals surface area contributed by atoms with Crippen molar-refractivity contribution < 1.29 is 9.90 Å². The average molecular weight is 316 g/mol. The summed E-state index contributed by atoms with van der Waals surface area (Å²) < 4.78 is 1.38. The molecule has 8 heteroatoms. The van der Waals surface area contributed by atoms with Crippen LogP contribution in [0.25, 0.3) is 17.2 Å². The van der Waals surface area contributed by atoms with Crippen molar-refractivity contribution in [2.75, 3.05) is 0 Å². The van der Waals surface area contributed by atoms with Gasteiger partial charge in [0.05, 0.1) is 11.4 Å². The fraction of sp³-hybridized carbons (Fsp3) is 0.0714. The van der Waals surface area contributed by atoms with Crippen LogP contribution in [-0.4, -0.2) is 36.0 Å². The van der Waals surface area contributed by atoms with Gasteiger partial charge in [0, 0.05) is 12.3 Å². The molecule has 0 atom stereocenters. The number of aromatic carboxylic acids is 1. The van der Waals surface area contributed by atoms with E-state index in [0.29, 0.717) is 17.2 Å². The highest BCUT2D eigenvalue weighted by atomic mass is 35.5. The molecule has 0 saturated heterocycles. The zero-order valence-electron chi connectivity index (χ0n) is 11.4. The molecule has 0 fully saturated rings. The quantitative estimate of drug-likeness (QED) is 0.797. The topological polar surface area (TPSA) is 93.8 Å². The van der Waals surface area contributed by atoms with Gasteiger partial charge in [-0.2, -0.15) is 5.10 Å². The summed E-state index contributed by atoms with van der Waals surface area (Å²) in [5, 5.41) is 21.1. The van der Waals surface area contributed by atoms with Gasteiger partial charge < -0.3 is 5.11 Å². The molecular formula is C14H10ClN5O2. The summed E-state index contributed by atoms with van der Waals surface area (Å²) in [5.74, 6) is -0.773. The number of hydrogen-bond donors (Lipinski definition) is 1. The SMILES string of the molecule is Cc1ccnc(-c2cc(C(=O)O)nn2-c2ccc(Cl)nn2)c1. The van der Waals surface area contributed by atoms with Gasteiger partial charge in [-0.05, 0) is 36.8 Å². The molecule has 0 saturated carbocycles. The van der Waals surface area contributed by atoms with Gasteiger partial charge in [-0.1, -0.05) is 11.6 Å². The van der Waals surface area contributed by atoms with Crippen molar-refractivity contribution in [2.24, 2.45) is 0 Å². The number of pyridine rings is 1. The molecule has 1 N–H and O–H groups in total. The first-order valence-corrected chi connectivity index (χ1v) is 6.68. The highest BCUT2D eigenvalue weighted by molar-refractivity contribution is 6.29. The summed E-state index contributed by atoms with van der Waals surface area (Å²) in [4.78, 5) is 15.5. The van der Waals surface area contributed by atoms with Crippen LogP contribution in [0.5, 0.6) is 0 Å². The summed E-state index contributed by atoms with van der Waals surface area (Å²) in [5.41, 5.74) is 2.00. The average Bonchev–Trinajstić information content (AvgIpc) is 2.93. The molecule has 0 amide bonds. The Bertz CT molecular complexity index is 845. The van der Waals surface area contributed by atoms with Crippen LogP contribution in [0.3, 0.4) is 0 Å². The minimum Gasteiger partial charge on any atom is -0.476 e. The highest BCUT2D eigenvalue weighted by Gasteiger charge is 2.17. The lowest BCUT2D eigenvalue weighted by atomic mass is 10.2. The molecule has 0 spiro atoms. The summed E-state index contributed by atoms with van der Waals surface area (Å²) in [6.07, 6.45) is 1.65. The molecule has 7 nitrogen and oxygen atoms in total. The lowest BCUT2D eigenvalue weighted by molar-refractivity contribution is 0.0690. The zero-order chi connectivity index (χ0) is 15.7. The number of carbonyl (C=O) groups is 1. The first-order valence-electron chi connectivity index (χ1n) is 6.30. The standard InChI is InChI=1S/C14H10ClN5O2/c1-8-4-5-16-9(6-8)11-7-10(14(21)22)19-20(11)13-3-2-12(15)17-18-13/h2-7H,1H3,(H,21,22). The van der Waals surface area contributed by atoms with E-state index >= 15 is 0 Å². The lowest BCUT2D eigenvalue weighted by Crippen LogP contribution is -2.05. The molecule has 3 heterocycles. The Morgan fingerprint density at radius 1 is 1.23 bits per heavy atom. The minimum atomic E-state index is -1.13. The van der Waals surface area contributed by atoms with Gasteiger partial charge in [-0.25, -0.2) is 9.48 Å². The highest BCUT2D eigenvalue weighted by Crippen LogP contribution is 2.22. The predicted molar refractivity (Wildman–Crippen MR) is 79.1 cm³/mol. The fourth-order valence-electron chi connectivity index (χ4n) is 1.94. The Morgan fingerprint density at radius 2 is 2.05 bits per heavy atom. The maximum atomic E-state index is 11.2. The van der Waals surface area contributed by atoms with Crippen LogP contribution in [0.1, 0.15) is 16.1 Å². The third kappa shape index (κ3) is 2.66. The third-order valence-electron chi connectivity index (χ3n) is 2.94. The van der Waals surface area contributed by atoms with E-state index in [1.54, 1.807) is 18.3 Å². The number of aryl methyl sites for hydroxylation is 1. The van der Waals surface area contributed by atoms with Crippen molar-refractivity contribution in [3.63, 3.8) is 0 Å². The summed E-state index contributed by atoms with van der Waals surface area (Å²) in [6, 6.07) is 8.29. The van der Waals surface area contributed by atoms with Crippen LogP contribution >= 0.6 is 11.6 Å². The van der Waals surface area contributed by atoms with Gasteiger partial charge in [-0.15, -0.1) is 10.2 Å². The Balaban J connectivity index is 2.20. The zero-order valence-corrected chi connectivity index (χ0v) is 12.2. The van der Waals surface area contributed by atoms with Gasteiger partial charge in [0.1, 0.15) is 0 Å². The molecule has 22 heavy (non-hydrogen) atoms. The van der Waals surface area contributed by atoms with Gasteiger partial charge in [-0.3, -0.25) is 4.98 Å². The van der Waals surface area contributed by atoms with Gasteiger partial charge in [0.25, 0.3) is 0 Å². The molecule has 3 rings (SSSR count). The van der Waals surface area contributed by atoms with E-state index in [-0.39, 0.29) is 10.8 Å². The molecule has 3 aromatic rings. The molecule has 110 valence electrons. The second-order valence-electron chi connectivity index (χ2n) is 4.56. The van der Waals surface area contributed by atoms with E-state index in [9.17, 15) is 4.79 Å². The van der Waals surface area contributed by atoms with E-state index in [0.717, 1.165) is 5.56 Å².